The van der Waals surface area contributed by atoms with Gasteiger partial charge < -0.3 is 18.9 Å². The third-order valence-corrected chi connectivity index (χ3v) is 5.31. The summed E-state index contributed by atoms with van der Waals surface area (Å²) >= 11 is 0. The summed E-state index contributed by atoms with van der Waals surface area (Å²) in [5.74, 6) is 1.97. The zero-order valence-corrected chi connectivity index (χ0v) is 20.3. The summed E-state index contributed by atoms with van der Waals surface area (Å²) < 4.78 is 22.8. The van der Waals surface area contributed by atoms with Gasteiger partial charge in [-0.05, 0) is 46.5 Å². The Labute approximate surface area is 211 Å². The predicted octanol–water partition coefficient (Wildman–Crippen LogP) is 6.95. The van der Waals surface area contributed by atoms with Crippen LogP contribution in [0.2, 0.25) is 0 Å². The molecule has 0 aliphatic heterocycles. The van der Waals surface area contributed by atoms with Crippen molar-refractivity contribution in [2.45, 2.75) is 20.1 Å². The van der Waals surface area contributed by atoms with Crippen molar-refractivity contribution in [3.63, 3.8) is 0 Å². The summed E-state index contributed by atoms with van der Waals surface area (Å²) in [6.45, 7) is 2.25. The fraction of sp³-hybridized carbons (Fsp3) is 0.129. The molecule has 182 valence electrons. The maximum Gasteiger partial charge on any atom is 0.308 e. The molecule has 0 radical (unpaired) electrons. The first-order valence-corrected chi connectivity index (χ1v) is 11.6. The van der Waals surface area contributed by atoms with E-state index in [4.69, 9.17) is 18.9 Å². The molecule has 0 aliphatic rings. The van der Waals surface area contributed by atoms with Gasteiger partial charge in [0.1, 0.15) is 24.7 Å². The van der Waals surface area contributed by atoms with Crippen molar-refractivity contribution in [2.24, 2.45) is 0 Å². The number of methoxy groups -OCH3 is 1. The lowest BCUT2D eigenvalue weighted by molar-refractivity contribution is -0.131. The monoisotopic (exact) mass is 480 g/mol. The van der Waals surface area contributed by atoms with E-state index in [2.05, 4.69) is 0 Å². The number of benzene rings is 4. The highest BCUT2D eigenvalue weighted by Crippen LogP contribution is 2.30. The van der Waals surface area contributed by atoms with Crippen molar-refractivity contribution >= 4 is 18.1 Å². The summed E-state index contributed by atoms with van der Waals surface area (Å²) in [5, 5.41) is 0. The maximum atomic E-state index is 11.5. The van der Waals surface area contributed by atoms with E-state index in [-0.39, 0.29) is 5.97 Å². The summed E-state index contributed by atoms with van der Waals surface area (Å²) in [5.41, 5.74) is 3.90. The molecule has 0 fully saturated rings. The zero-order valence-electron chi connectivity index (χ0n) is 20.3. The van der Waals surface area contributed by atoms with Crippen LogP contribution in [-0.2, 0) is 18.0 Å². The van der Waals surface area contributed by atoms with Crippen LogP contribution in [0.3, 0.4) is 0 Å². The van der Waals surface area contributed by atoms with Crippen LogP contribution in [0.5, 0.6) is 23.0 Å². The van der Waals surface area contributed by atoms with E-state index >= 15 is 0 Å². The van der Waals surface area contributed by atoms with Crippen molar-refractivity contribution in [2.75, 3.05) is 7.11 Å². The average molecular weight is 481 g/mol. The Kier molecular flexibility index (Phi) is 8.39. The Morgan fingerprint density at radius 2 is 1.28 bits per heavy atom. The molecule has 0 saturated heterocycles. The molecule has 0 heterocycles. The Morgan fingerprint density at radius 1 is 0.667 bits per heavy atom. The second-order valence-corrected chi connectivity index (χ2v) is 8.12. The molecule has 0 aromatic heterocycles. The molecule has 0 N–H and O–H groups in total. The molecule has 4 aromatic rings. The van der Waals surface area contributed by atoms with Gasteiger partial charge in [-0.25, -0.2) is 0 Å². The Balaban J connectivity index is 1.50. The van der Waals surface area contributed by atoms with Crippen LogP contribution in [0.25, 0.3) is 12.2 Å². The Morgan fingerprint density at radius 3 is 1.92 bits per heavy atom. The first-order chi connectivity index (χ1) is 17.6. The smallest absolute Gasteiger partial charge is 0.308 e. The summed E-state index contributed by atoms with van der Waals surface area (Å²) in [6.07, 6.45) is 3.89. The average Bonchev–Trinajstić information content (AvgIpc) is 2.90. The molecule has 0 atom stereocenters. The van der Waals surface area contributed by atoms with Crippen molar-refractivity contribution in [1.82, 2.24) is 0 Å². The van der Waals surface area contributed by atoms with Crippen LogP contribution < -0.4 is 18.9 Å². The van der Waals surface area contributed by atoms with Gasteiger partial charge in [-0.1, -0.05) is 78.9 Å². The third kappa shape index (κ3) is 7.24. The predicted molar refractivity (Wildman–Crippen MR) is 141 cm³/mol. The van der Waals surface area contributed by atoms with Gasteiger partial charge in [0.05, 0.1) is 7.11 Å². The first-order valence-electron chi connectivity index (χ1n) is 11.6. The van der Waals surface area contributed by atoms with E-state index < -0.39 is 0 Å². The minimum atomic E-state index is -0.388. The molecule has 0 saturated carbocycles. The van der Waals surface area contributed by atoms with Crippen LogP contribution in [0.4, 0.5) is 0 Å². The third-order valence-electron chi connectivity index (χ3n) is 5.31. The van der Waals surface area contributed by atoms with Gasteiger partial charge in [0.15, 0.2) is 11.5 Å². The fourth-order valence-corrected chi connectivity index (χ4v) is 3.57. The second-order valence-electron chi connectivity index (χ2n) is 8.12. The quantitative estimate of drug-likeness (QED) is 0.140. The molecule has 0 amide bonds. The molecule has 4 rings (SSSR count). The maximum absolute atomic E-state index is 11.5. The highest BCUT2D eigenvalue weighted by atomic mass is 16.5. The van der Waals surface area contributed by atoms with Crippen molar-refractivity contribution in [1.29, 1.82) is 0 Å². The largest absolute Gasteiger partial charge is 0.493 e. The lowest BCUT2D eigenvalue weighted by Gasteiger charge is -2.12. The number of hydrogen-bond donors (Lipinski definition) is 0. The molecule has 4 aromatic carbocycles. The molecule has 0 aliphatic carbocycles. The van der Waals surface area contributed by atoms with Gasteiger partial charge in [-0.3, -0.25) is 4.79 Å². The van der Waals surface area contributed by atoms with E-state index in [1.807, 2.05) is 97.1 Å². The molecule has 0 spiro atoms. The molecule has 36 heavy (non-hydrogen) atoms. The minimum Gasteiger partial charge on any atom is -0.493 e. The SMILES string of the molecule is COc1cc(C=Cc2cc(OCc3ccccc3)cc(OC(C)=O)c2)ccc1OCc1ccccc1. The van der Waals surface area contributed by atoms with E-state index in [1.54, 1.807) is 19.2 Å². The van der Waals surface area contributed by atoms with Crippen LogP contribution in [0.1, 0.15) is 29.2 Å². The van der Waals surface area contributed by atoms with Crippen molar-refractivity contribution in [3.05, 3.63) is 119 Å². The minimum absolute atomic E-state index is 0.388. The number of carbonyl (C=O) groups is 1. The highest BCUT2D eigenvalue weighted by Gasteiger charge is 2.07. The fourth-order valence-electron chi connectivity index (χ4n) is 3.57. The van der Waals surface area contributed by atoms with Crippen LogP contribution in [0.15, 0.2) is 97.1 Å². The van der Waals surface area contributed by atoms with Crippen molar-refractivity contribution < 1.29 is 23.7 Å². The van der Waals surface area contributed by atoms with Gasteiger partial charge >= 0.3 is 5.97 Å². The van der Waals surface area contributed by atoms with E-state index in [9.17, 15) is 4.79 Å². The first kappa shape index (κ1) is 24.6. The topological polar surface area (TPSA) is 54.0 Å². The lowest BCUT2D eigenvalue weighted by atomic mass is 10.1. The molecule has 0 unspecified atom stereocenters. The van der Waals surface area contributed by atoms with Gasteiger partial charge in [-0.2, -0.15) is 0 Å². The highest BCUT2D eigenvalue weighted by molar-refractivity contribution is 5.74. The lowest BCUT2D eigenvalue weighted by Crippen LogP contribution is -2.02. The van der Waals surface area contributed by atoms with Gasteiger partial charge in [0.2, 0.25) is 0 Å². The van der Waals surface area contributed by atoms with E-state index in [0.29, 0.717) is 36.2 Å². The number of carbonyl (C=O) groups excluding carboxylic acids is 1. The Hall–Kier alpha value is -4.51. The number of rotatable bonds is 10. The van der Waals surface area contributed by atoms with Crippen LogP contribution in [0, 0.1) is 0 Å². The van der Waals surface area contributed by atoms with E-state index in [1.165, 1.54) is 6.92 Å². The zero-order chi connectivity index (χ0) is 25.2. The van der Waals surface area contributed by atoms with Gasteiger partial charge in [-0.15, -0.1) is 0 Å². The van der Waals surface area contributed by atoms with Crippen LogP contribution >= 0.6 is 0 Å². The number of hydrogen-bond acceptors (Lipinski definition) is 5. The van der Waals surface area contributed by atoms with Crippen molar-refractivity contribution in [3.8, 4) is 23.0 Å². The summed E-state index contributed by atoms with van der Waals surface area (Å²) in [4.78, 5) is 11.5. The number of ether oxygens (including phenoxy) is 4. The molecule has 5 heteroatoms. The standard InChI is InChI=1S/C31H28O5/c1-23(32)36-29-18-27(17-28(20-29)34-21-25-9-5-3-6-10-25)14-13-24-15-16-30(31(19-24)33-2)35-22-26-11-7-4-8-12-26/h3-20H,21-22H2,1-2H3. The molecule has 5 nitrogen and oxygen atoms in total. The second kappa shape index (κ2) is 12.3. The van der Waals surface area contributed by atoms with Gasteiger partial charge in [0, 0.05) is 13.0 Å². The van der Waals surface area contributed by atoms with Crippen LogP contribution in [-0.4, -0.2) is 13.1 Å². The number of esters is 1. The van der Waals surface area contributed by atoms with E-state index in [0.717, 1.165) is 22.3 Å². The molecular formula is C31H28O5. The summed E-state index contributed by atoms with van der Waals surface area (Å²) in [7, 11) is 1.62. The summed E-state index contributed by atoms with van der Waals surface area (Å²) in [6, 6.07) is 31.1. The molecule has 0 bridgehead atoms. The normalized spacial score (nSPS) is 10.7. The molecular weight excluding hydrogens is 452 g/mol. The Bertz CT molecular complexity index is 1310. The van der Waals surface area contributed by atoms with Gasteiger partial charge in [0.25, 0.3) is 0 Å².